The molecular formula is C14H12Cl2N2O. The average molecular weight is 295 g/mol. The zero-order valence-corrected chi connectivity index (χ0v) is 11.5. The molecule has 0 aromatic heterocycles. The molecule has 0 saturated heterocycles. The van der Waals surface area contributed by atoms with Crippen molar-refractivity contribution in [2.75, 3.05) is 5.73 Å². The summed E-state index contributed by atoms with van der Waals surface area (Å²) in [5.41, 5.74) is 13.6. The molecule has 0 aliphatic heterocycles. The molecule has 0 spiro atoms. The summed E-state index contributed by atoms with van der Waals surface area (Å²) in [7, 11) is 0. The highest BCUT2D eigenvalue weighted by Crippen LogP contribution is 2.26. The van der Waals surface area contributed by atoms with Crippen LogP contribution in [-0.2, 0) is 6.42 Å². The summed E-state index contributed by atoms with van der Waals surface area (Å²) in [4.78, 5) is 11.2. The number of primary amides is 1. The van der Waals surface area contributed by atoms with E-state index in [1.54, 1.807) is 24.3 Å². The Labute approximate surface area is 121 Å². The molecule has 2 rings (SSSR count). The van der Waals surface area contributed by atoms with Gasteiger partial charge in [0.05, 0.1) is 5.56 Å². The highest BCUT2D eigenvalue weighted by atomic mass is 35.5. The predicted octanol–water partition coefficient (Wildman–Crippen LogP) is 3.27. The highest BCUT2D eigenvalue weighted by molar-refractivity contribution is 6.35. The van der Waals surface area contributed by atoms with E-state index >= 15 is 0 Å². The molecule has 19 heavy (non-hydrogen) atoms. The lowest BCUT2D eigenvalue weighted by Gasteiger charge is -2.10. The smallest absolute Gasteiger partial charge is 0.250 e. The summed E-state index contributed by atoms with van der Waals surface area (Å²) < 4.78 is 0. The third-order valence-corrected chi connectivity index (χ3v) is 3.44. The number of amides is 1. The van der Waals surface area contributed by atoms with Crippen LogP contribution < -0.4 is 11.5 Å². The van der Waals surface area contributed by atoms with Gasteiger partial charge in [0.15, 0.2) is 0 Å². The zero-order valence-electron chi connectivity index (χ0n) is 9.99. The molecule has 3 nitrogen and oxygen atoms in total. The van der Waals surface area contributed by atoms with E-state index in [2.05, 4.69) is 0 Å². The van der Waals surface area contributed by atoms with Gasteiger partial charge < -0.3 is 11.5 Å². The van der Waals surface area contributed by atoms with Crippen molar-refractivity contribution >= 4 is 34.8 Å². The van der Waals surface area contributed by atoms with E-state index < -0.39 is 5.91 Å². The average Bonchev–Trinajstić information content (AvgIpc) is 2.34. The first-order chi connectivity index (χ1) is 8.99. The Morgan fingerprint density at radius 1 is 1.11 bits per heavy atom. The third-order valence-electron chi connectivity index (χ3n) is 2.86. The Hall–Kier alpha value is -1.71. The van der Waals surface area contributed by atoms with Crippen molar-refractivity contribution in [1.29, 1.82) is 0 Å². The number of hydrogen-bond acceptors (Lipinski definition) is 2. The molecular weight excluding hydrogens is 283 g/mol. The number of carbonyl (C=O) groups is 1. The van der Waals surface area contributed by atoms with Crippen LogP contribution in [0.1, 0.15) is 21.5 Å². The summed E-state index contributed by atoms with van der Waals surface area (Å²) >= 11 is 12.0. The van der Waals surface area contributed by atoms with E-state index in [0.717, 1.165) is 11.1 Å². The van der Waals surface area contributed by atoms with E-state index in [9.17, 15) is 4.79 Å². The molecule has 0 unspecified atom stereocenters. The molecule has 1 amide bonds. The Morgan fingerprint density at radius 3 is 2.47 bits per heavy atom. The van der Waals surface area contributed by atoms with E-state index in [-0.39, 0.29) is 0 Å². The summed E-state index contributed by atoms with van der Waals surface area (Å²) in [6.45, 7) is 0. The number of benzene rings is 2. The van der Waals surface area contributed by atoms with Crippen LogP contribution in [0.4, 0.5) is 5.69 Å². The van der Waals surface area contributed by atoms with Crippen LogP contribution in [-0.4, -0.2) is 5.91 Å². The topological polar surface area (TPSA) is 69.1 Å². The minimum atomic E-state index is -0.540. The van der Waals surface area contributed by atoms with Gasteiger partial charge in [-0.15, -0.1) is 0 Å². The maximum absolute atomic E-state index is 11.2. The molecule has 2 aromatic rings. The van der Waals surface area contributed by atoms with Gasteiger partial charge >= 0.3 is 0 Å². The van der Waals surface area contributed by atoms with Crippen molar-refractivity contribution in [3.8, 4) is 0 Å². The van der Waals surface area contributed by atoms with Crippen LogP contribution in [0.3, 0.4) is 0 Å². The van der Waals surface area contributed by atoms with Crippen LogP contribution in [0.5, 0.6) is 0 Å². The first kappa shape index (κ1) is 13.7. The van der Waals surface area contributed by atoms with Gasteiger partial charge in [-0.05, 0) is 29.3 Å². The molecule has 0 aliphatic carbocycles. The van der Waals surface area contributed by atoms with Crippen molar-refractivity contribution in [1.82, 2.24) is 0 Å². The van der Waals surface area contributed by atoms with Gasteiger partial charge in [0.2, 0.25) is 0 Å². The predicted molar refractivity (Wildman–Crippen MR) is 78.6 cm³/mol. The van der Waals surface area contributed by atoms with Crippen LogP contribution in [0.25, 0.3) is 0 Å². The molecule has 0 radical (unpaired) electrons. The first-order valence-corrected chi connectivity index (χ1v) is 6.35. The van der Waals surface area contributed by atoms with Gasteiger partial charge in [0, 0.05) is 22.2 Å². The number of nitrogen functional groups attached to an aromatic ring is 1. The molecule has 0 bridgehead atoms. The number of nitrogens with two attached hydrogens (primary N) is 2. The number of rotatable bonds is 3. The Kier molecular flexibility index (Phi) is 3.98. The fourth-order valence-electron chi connectivity index (χ4n) is 1.85. The monoisotopic (exact) mass is 294 g/mol. The molecule has 0 saturated carbocycles. The van der Waals surface area contributed by atoms with Gasteiger partial charge in [-0.2, -0.15) is 0 Å². The molecule has 0 fully saturated rings. The Morgan fingerprint density at radius 2 is 1.84 bits per heavy atom. The number of anilines is 1. The number of hydrogen-bond donors (Lipinski definition) is 2. The second-order valence-electron chi connectivity index (χ2n) is 4.16. The molecule has 0 atom stereocenters. The Bertz CT molecular complexity index is 641. The van der Waals surface area contributed by atoms with E-state index in [4.69, 9.17) is 34.7 Å². The standard InChI is InChI=1S/C14H12Cl2N2O/c15-10-5-4-8(12(16)7-10)6-9-2-1-3-11(13(9)17)14(18)19/h1-5,7H,6,17H2,(H2,18,19). The summed E-state index contributed by atoms with van der Waals surface area (Å²) in [5, 5.41) is 1.14. The van der Waals surface area contributed by atoms with Crippen LogP contribution in [0.2, 0.25) is 10.0 Å². The van der Waals surface area contributed by atoms with Gasteiger partial charge in [-0.3, -0.25) is 4.79 Å². The fourth-order valence-corrected chi connectivity index (χ4v) is 2.33. The molecule has 2 aromatic carbocycles. The summed E-state index contributed by atoms with van der Waals surface area (Å²) in [5.74, 6) is -0.540. The third kappa shape index (κ3) is 3.00. The Balaban J connectivity index is 2.38. The highest BCUT2D eigenvalue weighted by Gasteiger charge is 2.11. The molecule has 0 aliphatic rings. The van der Waals surface area contributed by atoms with Crippen molar-refractivity contribution in [3.63, 3.8) is 0 Å². The van der Waals surface area contributed by atoms with Gasteiger partial charge in [0.25, 0.3) is 5.91 Å². The van der Waals surface area contributed by atoms with Crippen molar-refractivity contribution in [2.45, 2.75) is 6.42 Å². The molecule has 4 N–H and O–H groups in total. The van der Waals surface area contributed by atoms with E-state index in [1.165, 1.54) is 0 Å². The van der Waals surface area contributed by atoms with Crippen LogP contribution >= 0.6 is 23.2 Å². The van der Waals surface area contributed by atoms with Crippen LogP contribution in [0, 0.1) is 0 Å². The minimum Gasteiger partial charge on any atom is -0.398 e. The van der Waals surface area contributed by atoms with Gasteiger partial charge in [-0.25, -0.2) is 0 Å². The molecule has 0 heterocycles. The van der Waals surface area contributed by atoms with Gasteiger partial charge in [0.1, 0.15) is 0 Å². The zero-order chi connectivity index (χ0) is 14.0. The maximum atomic E-state index is 11.2. The van der Waals surface area contributed by atoms with Gasteiger partial charge in [-0.1, -0.05) is 41.4 Å². The normalized spacial score (nSPS) is 10.4. The first-order valence-electron chi connectivity index (χ1n) is 5.60. The number of halogens is 2. The lowest BCUT2D eigenvalue weighted by atomic mass is 10.00. The molecule has 5 heteroatoms. The van der Waals surface area contributed by atoms with Crippen molar-refractivity contribution in [2.24, 2.45) is 5.73 Å². The SMILES string of the molecule is NC(=O)c1cccc(Cc2ccc(Cl)cc2Cl)c1N. The lowest BCUT2D eigenvalue weighted by molar-refractivity contribution is 0.100. The summed E-state index contributed by atoms with van der Waals surface area (Å²) in [6, 6.07) is 10.5. The second kappa shape index (κ2) is 5.51. The van der Waals surface area contributed by atoms with Crippen molar-refractivity contribution in [3.05, 3.63) is 63.1 Å². The second-order valence-corrected chi connectivity index (χ2v) is 5.00. The van der Waals surface area contributed by atoms with E-state index in [1.807, 2.05) is 12.1 Å². The fraction of sp³-hybridized carbons (Fsp3) is 0.0714. The maximum Gasteiger partial charge on any atom is 0.250 e. The van der Waals surface area contributed by atoms with Crippen molar-refractivity contribution < 1.29 is 4.79 Å². The summed E-state index contributed by atoms with van der Waals surface area (Å²) in [6.07, 6.45) is 0.517. The quantitative estimate of drug-likeness (QED) is 0.853. The number of para-hydroxylation sites is 1. The number of carbonyl (C=O) groups excluding carboxylic acids is 1. The minimum absolute atomic E-state index is 0.322. The van der Waals surface area contributed by atoms with E-state index in [0.29, 0.717) is 27.7 Å². The largest absolute Gasteiger partial charge is 0.398 e. The molecule has 98 valence electrons. The lowest BCUT2D eigenvalue weighted by Crippen LogP contribution is -2.14. The van der Waals surface area contributed by atoms with Crippen LogP contribution in [0.15, 0.2) is 36.4 Å².